The van der Waals surface area contributed by atoms with Crippen LogP contribution in [0, 0.1) is 18.3 Å². The molecule has 8 rings (SSSR count). The minimum atomic E-state index is -0.880. The standard InChI is InChI=1S/C59H77N11O7S/c1-39-53(78-38-63-39)42-24-22-40(23-25-42)34-61-56(75)48-32-44(71)36-70(48)58(77)54(59(2,3)4)64-51(73)20-12-7-5-6-8-13-21-52(74)67-28-26-41(27-29-67)35-62-57(76)49-37-68(30-31-69(49)43-16-10-9-11-17-43)47-33-46(65-66-55(47)60)45-18-14-15-19-50(45)72/h9-11,14-19,22-25,33,38,41,44,48-49,54,71-72H,5-8,12-13,20-21,26-32,34-37H2,1-4H3,(H2,60,66)(H,61,75)(H,62,76)(H,64,73)/t44-,48+,49?,54?/m1/s1. The third-order valence-electron chi connectivity index (χ3n) is 15.4. The minimum Gasteiger partial charge on any atom is -0.507 e. The maximum absolute atomic E-state index is 14.1. The molecule has 0 bridgehead atoms. The van der Waals surface area contributed by atoms with E-state index in [4.69, 9.17) is 5.73 Å². The summed E-state index contributed by atoms with van der Waals surface area (Å²) in [5.41, 5.74) is 13.1. The highest BCUT2D eigenvalue weighted by Crippen LogP contribution is 2.34. The summed E-state index contributed by atoms with van der Waals surface area (Å²) >= 11 is 1.58. The number of benzene rings is 3. The molecule has 18 nitrogen and oxygen atoms in total. The monoisotopic (exact) mass is 1080 g/mol. The number of β-amino-alcohol motifs (C(OH)–C–C–N with tert-alkyl or cyclic N) is 1. The first-order valence-corrected chi connectivity index (χ1v) is 28.5. The summed E-state index contributed by atoms with van der Waals surface area (Å²) in [6.45, 7) is 11.3. The fraction of sp³-hybridized carbons (Fsp3) is 0.492. The molecule has 3 aliphatic heterocycles. The number of aliphatic hydroxyl groups is 1. The summed E-state index contributed by atoms with van der Waals surface area (Å²) in [4.78, 5) is 81.2. The number of nitrogen functional groups attached to an aromatic ring is 1. The van der Waals surface area contributed by atoms with Gasteiger partial charge in [0.05, 0.1) is 33.6 Å². The second-order valence-electron chi connectivity index (χ2n) is 22.1. The van der Waals surface area contributed by atoms with E-state index < -0.39 is 29.6 Å². The number of nitrogens with two attached hydrogens (primary N) is 1. The summed E-state index contributed by atoms with van der Waals surface area (Å²) in [6, 6.07) is 24.4. The lowest BCUT2D eigenvalue weighted by Gasteiger charge is -2.43. The molecule has 2 aromatic heterocycles. The number of anilines is 3. The van der Waals surface area contributed by atoms with Gasteiger partial charge in [0.15, 0.2) is 5.82 Å². The first-order valence-electron chi connectivity index (χ1n) is 27.6. The molecule has 0 radical (unpaired) electrons. The SMILES string of the molecule is Cc1ncsc1-c1ccc(CNC(=O)[C@@H]2C[C@@H](O)CN2C(=O)C(NC(=O)CCCCCCCCC(=O)N2CCC(CNC(=O)C3CN(c4cc(-c5ccccc5O)nnc4N)CCN3c3ccccc3)CC2)C(C)(C)C)cc1. The Balaban J connectivity index is 0.715. The van der Waals surface area contributed by atoms with Gasteiger partial charge in [-0.2, -0.15) is 0 Å². The van der Waals surface area contributed by atoms with E-state index in [0.717, 1.165) is 72.3 Å². The number of para-hydroxylation sites is 2. The maximum atomic E-state index is 14.1. The van der Waals surface area contributed by atoms with Crippen LogP contribution < -0.4 is 31.5 Å². The van der Waals surface area contributed by atoms with Gasteiger partial charge in [0, 0.05) is 82.9 Å². The highest BCUT2D eigenvalue weighted by atomic mass is 32.1. The van der Waals surface area contributed by atoms with Crippen LogP contribution in [0.15, 0.2) is 90.4 Å². The largest absolute Gasteiger partial charge is 0.507 e. The number of piperazine rings is 1. The van der Waals surface area contributed by atoms with Gasteiger partial charge in [0.1, 0.15) is 23.9 Å². The summed E-state index contributed by atoms with van der Waals surface area (Å²) in [5.74, 6) is -0.289. The number of hydrogen-bond donors (Lipinski definition) is 6. The number of thiazole rings is 1. The number of aryl methyl sites for hydroxylation is 1. The minimum absolute atomic E-state index is 0.0145. The summed E-state index contributed by atoms with van der Waals surface area (Å²) in [7, 11) is 0. The van der Waals surface area contributed by atoms with Crippen molar-refractivity contribution >= 4 is 58.1 Å². The van der Waals surface area contributed by atoms with E-state index in [1.165, 1.54) is 4.90 Å². The van der Waals surface area contributed by atoms with Crippen molar-refractivity contribution in [1.29, 1.82) is 0 Å². The molecule has 7 N–H and O–H groups in total. The molecule has 0 spiro atoms. The predicted octanol–water partition coefficient (Wildman–Crippen LogP) is 6.84. The topological polar surface area (TPSA) is 240 Å². The number of nitrogens with zero attached hydrogens (tertiary/aromatic N) is 7. The molecule has 0 saturated carbocycles. The van der Waals surface area contributed by atoms with Gasteiger partial charge < -0.3 is 51.5 Å². The molecule has 3 fully saturated rings. The Kier molecular flexibility index (Phi) is 19.4. The molecule has 78 heavy (non-hydrogen) atoms. The number of phenolic OH excluding ortho intramolecular Hbond substituents is 1. The van der Waals surface area contributed by atoms with Crippen molar-refractivity contribution in [1.82, 2.24) is 40.9 Å². The lowest BCUT2D eigenvalue weighted by molar-refractivity contribution is -0.144. The molecule has 3 aliphatic rings. The van der Waals surface area contributed by atoms with Crippen LogP contribution in [-0.2, 0) is 30.5 Å². The van der Waals surface area contributed by atoms with E-state index in [1.807, 2.05) is 105 Å². The number of unbranched alkanes of at least 4 members (excludes halogenated alkanes) is 5. The number of nitrogens with one attached hydrogen (secondary N) is 3. The normalized spacial score (nSPS) is 18.4. The van der Waals surface area contributed by atoms with Crippen LogP contribution in [-0.4, -0.2) is 135 Å². The third kappa shape index (κ3) is 14.7. The van der Waals surface area contributed by atoms with Crippen LogP contribution >= 0.6 is 11.3 Å². The van der Waals surface area contributed by atoms with Crippen molar-refractivity contribution in [3.05, 3.63) is 102 Å². The van der Waals surface area contributed by atoms with Crippen LogP contribution in [0.25, 0.3) is 21.7 Å². The fourth-order valence-corrected chi connectivity index (χ4v) is 11.6. The number of rotatable bonds is 21. The lowest BCUT2D eigenvalue weighted by Crippen LogP contribution is -2.60. The van der Waals surface area contributed by atoms with Gasteiger partial charge in [0.2, 0.25) is 29.5 Å². The van der Waals surface area contributed by atoms with Crippen LogP contribution in [0.3, 0.4) is 0 Å². The average Bonchev–Trinajstić information content (AvgIpc) is 4.15. The Morgan fingerprint density at radius 2 is 1.47 bits per heavy atom. The van der Waals surface area contributed by atoms with E-state index >= 15 is 0 Å². The van der Waals surface area contributed by atoms with Crippen molar-refractivity contribution < 1.29 is 34.2 Å². The van der Waals surface area contributed by atoms with Crippen molar-refractivity contribution in [2.75, 3.05) is 61.3 Å². The number of carbonyl (C=O) groups excluding carboxylic acids is 5. The van der Waals surface area contributed by atoms with Crippen LogP contribution in [0.4, 0.5) is 17.2 Å². The number of carbonyl (C=O) groups is 5. The first kappa shape index (κ1) is 57.1. The summed E-state index contributed by atoms with van der Waals surface area (Å²) in [6.07, 6.45) is 6.73. The van der Waals surface area contributed by atoms with Gasteiger partial charge >= 0.3 is 0 Å². The van der Waals surface area contributed by atoms with Crippen LogP contribution in [0.5, 0.6) is 5.75 Å². The number of aromatic nitrogens is 3. The number of hydrogen-bond acceptors (Lipinski definition) is 14. The van der Waals surface area contributed by atoms with Crippen LogP contribution in [0.2, 0.25) is 0 Å². The molecular weight excluding hydrogens is 1010 g/mol. The molecule has 19 heteroatoms. The molecule has 3 aromatic carbocycles. The second kappa shape index (κ2) is 26.5. The van der Waals surface area contributed by atoms with Gasteiger partial charge in [-0.1, -0.05) is 101 Å². The number of amides is 5. The summed E-state index contributed by atoms with van der Waals surface area (Å²) < 4.78 is 0. The molecular formula is C59H77N11O7S. The smallest absolute Gasteiger partial charge is 0.246 e. The zero-order valence-corrected chi connectivity index (χ0v) is 46.4. The van der Waals surface area contributed by atoms with E-state index in [1.54, 1.807) is 29.5 Å². The number of likely N-dealkylation sites (tertiary alicyclic amines) is 2. The molecule has 5 aromatic rings. The lowest BCUT2D eigenvalue weighted by atomic mass is 9.85. The first-order chi connectivity index (χ1) is 37.5. The average molecular weight is 1080 g/mol. The van der Waals surface area contributed by atoms with Crippen molar-refractivity contribution in [3.63, 3.8) is 0 Å². The Morgan fingerprint density at radius 1 is 0.795 bits per heavy atom. The van der Waals surface area contributed by atoms with E-state index in [0.29, 0.717) is 69.1 Å². The molecule has 2 unspecified atom stereocenters. The number of aliphatic hydroxyl groups excluding tert-OH is 1. The Labute approximate surface area is 462 Å². The molecule has 3 saturated heterocycles. The Morgan fingerprint density at radius 3 is 2.17 bits per heavy atom. The van der Waals surface area contributed by atoms with E-state index in [2.05, 4.69) is 40.9 Å². The van der Waals surface area contributed by atoms with Gasteiger partial charge in [-0.15, -0.1) is 21.5 Å². The quantitative estimate of drug-likeness (QED) is 0.0413. The van der Waals surface area contributed by atoms with Crippen LogP contribution in [0.1, 0.15) is 103 Å². The van der Waals surface area contributed by atoms with Gasteiger partial charge in [-0.05, 0) is 85.4 Å². The summed E-state index contributed by atoms with van der Waals surface area (Å²) in [5, 5.41) is 38.8. The van der Waals surface area contributed by atoms with E-state index in [9.17, 15) is 34.2 Å². The van der Waals surface area contributed by atoms with Gasteiger partial charge in [-0.25, -0.2) is 4.98 Å². The van der Waals surface area contributed by atoms with Crippen molar-refractivity contribution in [2.45, 2.75) is 129 Å². The Bertz CT molecular complexity index is 2830. The highest BCUT2D eigenvalue weighted by Gasteiger charge is 2.44. The maximum Gasteiger partial charge on any atom is 0.246 e. The molecule has 416 valence electrons. The zero-order chi connectivity index (χ0) is 55.3. The number of phenols is 1. The Hall–Kier alpha value is -7.12. The molecule has 0 aliphatic carbocycles. The van der Waals surface area contributed by atoms with E-state index in [-0.39, 0.29) is 73.0 Å². The zero-order valence-electron chi connectivity index (χ0n) is 45.5. The highest BCUT2D eigenvalue weighted by molar-refractivity contribution is 7.13. The van der Waals surface area contributed by atoms with Gasteiger partial charge in [0.25, 0.3) is 0 Å². The number of piperidine rings is 1. The molecule has 4 atom stereocenters. The van der Waals surface area contributed by atoms with Gasteiger partial charge in [-0.3, -0.25) is 24.0 Å². The second-order valence-corrected chi connectivity index (χ2v) is 23.0. The van der Waals surface area contributed by atoms with Crippen molar-refractivity contribution in [3.8, 4) is 27.4 Å². The molecule has 5 heterocycles. The molecule has 5 amide bonds. The van der Waals surface area contributed by atoms with Crippen molar-refractivity contribution in [2.24, 2.45) is 11.3 Å². The fourth-order valence-electron chi connectivity index (χ4n) is 10.8. The number of aromatic hydroxyl groups is 1. The predicted molar refractivity (Wildman–Crippen MR) is 304 cm³/mol. The third-order valence-corrected chi connectivity index (χ3v) is 16.4.